The first-order chi connectivity index (χ1) is 18.2. The van der Waals surface area contributed by atoms with Gasteiger partial charge < -0.3 is 29.7 Å². The van der Waals surface area contributed by atoms with Gasteiger partial charge in [0, 0.05) is 62.1 Å². The molecule has 2 heterocycles. The van der Waals surface area contributed by atoms with Gasteiger partial charge in [-0.05, 0) is 32.3 Å². The highest BCUT2D eigenvalue weighted by Crippen LogP contribution is 2.38. The minimum absolute atomic E-state index is 0.342. The molecule has 198 valence electrons. The number of nitrogens with one attached hydrogen (secondary N) is 2. The van der Waals surface area contributed by atoms with Gasteiger partial charge in [0.15, 0.2) is 5.83 Å². The fourth-order valence-corrected chi connectivity index (χ4v) is 4.15. The Balaban J connectivity index is 1.72. The Morgan fingerprint density at radius 3 is 2.61 bits per heavy atom. The van der Waals surface area contributed by atoms with Crippen LogP contribution in [0, 0.1) is 0 Å². The lowest BCUT2D eigenvalue weighted by Crippen LogP contribution is -2.29. The van der Waals surface area contributed by atoms with E-state index in [1.54, 1.807) is 25.4 Å². The number of para-hydroxylation sites is 1. The van der Waals surface area contributed by atoms with Gasteiger partial charge in [-0.2, -0.15) is 0 Å². The van der Waals surface area contributed by atoms with Gasteiger partial charge in [-0.1, -0.05) is 24.8 Å². The minimum atomic E-state index is -1.08. The van der Waals surface area contributed by atoms with Gasteiger partial charge in [-0.3, -0.25) is 4.79 Å². The molecule has 0 fully saturated rings. The molecule has 2 N–H and O–H groups in total. The summed E-state index contributed by atoms with van der Waals surface area (Å²) in [6.07, 6.45) is 3.71. The van der Waals surface area contributed by atoms with Crippen LogP contribution in [0.25, 0.3) is 22.2 Å². The van der Waals surface area contributed by atoms with Crippen LogP contribution in [0.15, 0.2) is 67.3 Å². The van der Waals surface area contributed by atoms with Gasteiger partial charge in [0.25, 0.3) is 5.91 Å². The van der Waals surface area contributed by atoms with E-state index in [9.17, 15) is 9.18 Å². The van der Waals surface area contributed by atoms with E-state index in [4.69, 9.17) is 9.72 Å². The highest BCUT2D eigenvalue weighted by Gasteiger charge is 2.18. The summed E-state index contributed by atoms with van der Waals surface area (Å²) in [7, 11) is 9.39. The van der Waals surface area contributed by atoms with E-state index in [0.717, 1.165) is 28.7 Å². The van der Waals surface area contributed by atoms with E-state index in [-0.39, 0.29) is 0 Å². The van der Waals surface area contributed by atoms with Crippen molar-refractivity contribution in [3.05, 3.63) is 67.3 Å². The summed E-state index contributed by atoms with van der Waals surface area (Å²) < 4.78 is 21.3. The summed E-state index contributed by atoms with van der Waals surface area (Å²) in [4.78, 5) is 25.3. The van der Waals surface area contributed by atoms with Crippen LogP contribution >= 0.6 is 0 Å². The van der Waals surface area contributed by atoms with Crippen LogP contribution in [-0.2, 0) is 11.8 Å². The van der Waals surface area contributed by atoms with E-state index < -0.39 is 11.7 Å². The van der Waals surface area contributed by atoms with Crippen LogP contribution < -0.4 is 20.3 Å². The predicted octanol–water partition coefficient (Wildman–Crippen LogP) is 4.81. The highest BCUT2D eigenvalue weighted by molar-refractivity contribution is 6.04. The van der Waals surface area contributed by atoms with Crippen molar-refractivity contribution in [2.45, 2.75) is 0 Å². The lowest BCUT2D eigenvalue weighted by Gasteiger charge is -2.26. The molecule has 1 amide bonds. The summed E-state index contributed by atoms with van der Waals surface area (Å²) in [6.45, 7) is 4.55. The second-order valence-electron chi connectivity index (χ2n) is 9.21. The number of aryl methyl sites for hydroxylation is 1. The first-order valence-corrected chi connectivity index (χ1v) is 12.1. The number of ether oxygens (including phenoxy) is 1. The largest absolute Gasteiger partial charge is 0.494 e. The molecule has 0 bridgehead atoms. The Kier molecular flexibility index (Phi) is 7.92. The van der Waals surface area contributed by atoms with Gasteiger partial charge in [0.1, 0.15) is 5.75 Å². The van der Waals surface area contributed by atoms with Crippen LogP contribution in [0.2, 0.25) is 0 Å². The SMILES string of the molecule is C=C(F)C(=O)Nc1cc(Nc2nccc(-c3cn(C)c4ccccc34)n2)c(OC)cc1N(C)CCN(C)C. The standard InChI is InChI=1S/C28H32FN7O2/c1-18(29)27(37)31-22-15-23(26(38-6)16-25(22)35(4)14-13-34(2)3)33-28-30-12-11-21(32-28)20-17-36(5)24-10-8-7-9-19(20)24/h7-12,15-17H,1,13-14H2,2-6H3,(H,31,37)(H,30,32,33). The second kappa shape index (κ2) is 11.3. The summed E-state index contributed by atoms with van der Waals surface area (Å²) in [6, 6.07) is 13.4. The number of hydrogen-bond acceptors (Lipinski definition) is 7. The molecule has 2 aromatic heterocycles. The molecule has 0 aliphatic heterocycles. The average molecular weight is 518 g/mol. The zero-order valence-electron chi connectivity index (χ0n) is 22.2. The number of amides is 1. The fourth-order valence-electron chi connectivity index (χ4n) is 4.15. The summed E-state index contributed by atoms with van der Waals surface area (Å²) in [5.74, 6) is -1.15. The number of rotatable bonds is 10. The van der Waals surface area contributed by atoms with Crippen molar-refractivity contribution in [3.63, 3.8) is 0 Å². The maximum absolute atomic E-state index is 13.6. The van der Waals surface area contributed by atoms with Crippen LogP contribution in [-0.4, -0.2) is 66.7 Å². The first kappa shape index (κ1) is 26.6. The zero-order valence-corrected chi connectivity index (χ0v) is 22.2. The van der Waals surface area contributed by atoms with Crippen LogP contribution in [0.1, 0.15) is 0 Å². The monoisotopic (exact) mass is 517 g/mol. The van der Waals surface area contributed by atoms with Gasteiger partial charge in [-0.15, -0.1) is 0 Å². The normalized spacial score (nSPS) is 11.0. The Hall–Kier alpha value is -4.44. The van der Waals surface area contributed by atoms with Crippen molar-refractivity contribution in [1.29, 1.82) is 0 Å². The third-order valence-electron chi connectivity index (χ3n) is 6.18. The third kappa shape index (κ3) is 5.76. The number of carbonyl (C=O) groups excluding carboxylic acids is 1. The molecule has 0 atom stereocenters. The fraction of sp³-hybridized carbons (Fsp3) is 0.250. The third-order valence-corrected chi connectivity index (χ3v) is 6.18. The number of anilines is 4. The number of aromatic nitrogens is 3. The molecule has 0 saturated heterocycles. The minimum Gasteiger partial charge on any atom is -0.494 e. The topological polar surface area (TPSA) is 87.5 Å². The Labute approximate surface area is 221 Å². The Bertz CT molecular complexity index is 1480. The molecule has 0 saturated carbocycles. The number of fused-ring (bicyclic) bond motifs is 1. The van der Waals surface area contributed by atoms with Crippen LogP contribution in [0.4, 0.5) is 27.4 Å². The number of halogens is 1. The summed E-state index contributed by atoms with van der Waals surface area (Å²) in [5, 5.41) is 6.89. The van der Waals surface area contributed by atoms with Crippen LogP contribution in [0.3, 0.4) is 0 Å². The number of nitrogens with zero attached hydrogens (tertiary/aromatic N) is 5. The van der Waals surface area contributed by atoms with Gasteiger partial charge in [0.2, 0.25) is 5.95 Å². The molecule has 38 heavy (non-hydrogen) atoms. The van der Waals surface area contributed by atoms with Crippen molar-refractivity contribution < 1.29 is 13.9 Å². The highest BCUT2D eigenvalue weighted by atomic mass is 19.1. The lowest BCUT2D eigenvalue weighted by molar-refractivity contribution is -0.114. The Morgan fingerprint density at radius 1 is 1.13 bits per heavy atom. The molecule has 0 unspecified atom stereocenters. The molecule has 0 aliphatic carbocycles. The maximum atomic E-state index is 13.6. The molecular formula is C28H32FN7O2. The molecule has 0 aliphatic rings. The van der Waals surface area contributed by atoms with E-state index in [2.05, 4.69) is 38.9 Å². The number of carbonyl (C=O) groups is 1. The number of likely N-dealkylation sites (N-methyl/N-ethyl adjacent to an activating group) is 2. The van der Waals surface area contributed by atoms with Crippen molar-refractivity contribution in [1.82, 2.24) is 19.4 Å². The molecule has 0 spiro atoms. The Morgan fingerprint density at radius 2 is 1.89 bits per heavy atom. The van der Waals surface area contributed by atoms with E-state index >= 15 is 0 Å². The molecule has 4 rings (SSSR count). The zero-order chi connectivity index (χ0) is 27.4. The van der Waals surface area contributed by atoms with Gasteiger partial charge in [0.05, 0.1) is 29.9 Å². The summed E-state index contributed by atoms with van der Waals surface area (Å²) in [5.41, 5.74) is 4.39. The lowest BCUT2D eigenvalue weighted by atomic mass is 10.1. The van der Waals surface area contributed by atoms with Gasteiger partial charge in [-0.25, -0.2) is 14.4 Å². The van der Waals surface area contributed by atoms with E-state index in [1.807, 2.05) is 62.4 Å². The number of methoxy groups -OCH3 is 1. The summed E-state index contributed by atoms with van der Waals surface area (Å²) >= 11 is 0. The van der Waals surface area contributed by atoms with Gasteiger partial charge >= 0.3 is 0 Å². The molecule has 9 nitrogen and oxygen atoms in total. The van der Waals surface area contributed by atoms with E-state index in [1.165, 1.54) is 0 Å². The second-order valence-corrected chi connectivity index (χ2v) is 9.21. The number of hydrogen-bond donors (Lipinski definition) is 2. The molecule has 0 radical (unpaired) electrons. The molecule has 4 aromatic rings. The average Bonchev–Trinajstić information content (AvgIpc) is 3.24. The van der Waals surface area contributed by atoms with Crippen molar-refractivity contribution in [2.24, 2.45) is 7.05 Å². The van der Waals surface area contributed by atoms with Crippen molar-refractivity contribution in [3.8, 4) is 17.0 Å². The van der Waals surface area contributed by atoms with Crippen LogP contribution in [0.5, 0.6) is 5.75 Å². The first-order valence-electron chi connectivity index (χ1n) is 12.1. The van der Waals surface area contributed by atoms with E-state index in [0.29, 0.717) is 35.3 Å². The number of benzene rings is 2. The van der Waals surface area contributed by atoms with Crippen molar-refractivity contribution in [2.75, 3.05) is 56.9 Å². The molecular weight excluding hydrogens is 485 g/mol. The predicted molar refractivity (Wildman–Crippen MR) is 151 cm³/mol. The quantitative estimate of drug-likeness (QED) is 0.292. The smallest absolute Gasteiger partial charge is 0.283 e. The molecule has 10 heteroatoms. The van der Waals surface area contributed by atoms with Crippen molar-refractivity contribution >= 4 is 39.8 Å². The molecule has 2 aromatic carbocycles. The maximum Gasteiger partial charge on any atom is 0.283 e.